The molecule has 0 bridgehead atoms. The third-order valence-corrected chi connectivity index (χ3v) is 4.19. The zero-order chi connectivity index (χ0) is 14.7. The molecule has 0 fully saturated rings. The first-order valence-electron chi connectivity index (χ1n) is 7.42. The van der Waals surface area contributed by atoms with Crippen LogP contribution in [0.3, 0.4) is 0 Å². The highest BCUT2D eigenvalue weighted by Crippen LogP contribution is 2.26. The molecule has 0 saturated carbocycles. The Morgan fingerprint density at radius 3 is 2.81 bits per heavy atom. The molecule has 3 rings (SSSR count). The van der Waals surface area contributed by atoms with Crippen molar-refractivity contribution in [3.63, 3.8) is 0 Å². The molecule has 0 amide bonds. The van der Waals surface area contributed by atoms with E-state index in [4.69, 9.17) is 4.74 Å². The maximum Gasteiger partial charge on any atom is 0.160 e. The molecule has 2 aromatic carbocycles. The Morgan fingerprint density at radius 2 is 2.00 bits per heavy atom. The lowest BCUT2D eigenvalue weighted by Crippen LogP contribution is -2.34. The molecule has 2 aromatic rings. The van der Waals surface area contributed by atoms with Crippen LogP contribution in [-0.2, 0) is 19.4 Å². The molecule has 2 N–H and O–H groups in total. The van der Waals surface area contributed by atoms with E-state index in [1.807, 2.05) is 12.1 Å². The van der Waals surface area contributed by atoms with E-state index in [-0.39, 0.29) is 5.75 Å². The first kappa shape index (κ1) is 14.0. The minimum atomic E-state index is 0.188. The van der Waals surface area contributed by atoms with Gasteiger partial charge >= 0.3 is 0 Å². The molecule has 1 atom stereocenters. The highest BCUT2D eigenvalue weighted by atomic mass is 16.5. The molecular formula is C18H21NO2. The predicted molar refractivity (Wildman–Crippen MR) is 83.8 cm³/mol. The maximum atomic E-state index is 9.62. The monoisotopic (exact) mass is 283 g/mol. The van der Waals surface area contributed by atoms with Gasteiger partial charge in [0.1, 0.15) is 0 Å². The lowest BCUT2D eigenvalue weighted by atomic mass is 9.88. The van der Waals surface area contributed by atoms with Gasteiger partial charge < -0.3 is 15.2 Å². The van der Waals surface area contributed by atoms with Crippen molar-refractivity contribution in [3.05, 3.63) is 59.2 Å². The number of hydrogen-bond donors (Lipinski definition) is 2. The van der Waals surface area contributed by atoms with Gasteiger partial charge in [-0.1, -0.05) is 30.3 Å². The number of phenolic OH excluding ortho intramolecular Hbond substituents is 1. The van der Waals surface area contributed by atoms with Gasteiger partial charge in [-0.05, 0) is 48.1 Å². The Hall–Kier alpha value is -2.00. The van der Waals surface area contributed by atoms with E-state index in [1.54, 1.807) is 13.2 Å². The summed E-state index contributed by atoms with van der Waals surface area (Å²) in [7, 11) is 1.57. The van der Waals surface area contributed by atoms with Crippen LogP contribution >= 0.6 is 0 Å². The van der Waals surface area contributed by atoms with Gasteiger partial charge in [0.2, 0.25) is 0 Å². The van der Waals surface area contributed by atoms with E-state index in [1.165, 1.54) is 17.5 Å². The molecule has 0 aromatic heterocycles. The number of ether oxygens (including phenoxy) is 1. The summed E-state index contributed by atoms with van der Waals surface area (Å²) in [5.41, 5.74) is 4.08. The van der Waals surface area contributed by atoms with Crippen LogP contribution in [0.1, 0.15) is 23.1 Å². The fourth-order valence-electron chi connectivity index (χ4n) is 2.97. The topological polar surface area (TPSA) is 41.5 Å². The number of benzene rings is 2. The molecule has 3 heteroatoms. The standard InChI is InChI=1S/C18H21NO2/c1-21-18-10-13(6-9-17(18)20)12-19-16-8-7-14-4-2-3-5-15(14)11-16/h2-6,9-10,16,19-20H,7-8,11-12H2,1H3. The number of phenols is 1. The zero-order valence-electron chi connectivity index (χ0n) is 12.3. The van der Waals surface area contributed by atoms with Crippen LogP contribution in [0.5, 0.6) is 11.5 Å². The molecule has 21 heavy (non-hydrogen) atoms. The average Bonchev–Trinajstić information content (AvgIpc) is 2.54. The van der Waals surface area contributed by atoms with Crippen molar-refractivity contribution < 1.29 is 9.84 Å². The quantitative estimate of drug-likeness (QED) is 0.906. The first-order valence-corrected chi connectivity index (χ1v) is 7.42. The lowest BCUT2D eigenvalue weighted by molar-refractivity contribution is 0.372. The molecule has 1 unspecified atom stereocenters. The van der Waals surface area contributed by atoms with Crippen molar-refractivity contribution in [2.75, 3.05) is 7.11 Å². The molecule has 0 spiro atoms. The molecule has 1 aliphatic carbocycles. The number of rotatable bonds is 4. The van der Waals surface area contributed by atoms with Gasteiger partial charge in [0.25, 0.3) is 0 Å². The third-order valence-electron chi connectivity index (χ3n) is 4.19. The van der Waals surface area contributed by atoms with Gasteiger partial charge in [0.15, 0.2) is 11.5 Å². The summed E-state index contributed by atoms with van der Waals surface area (Å²) in [4.78, 5) is 0. The van der Waals surface area contributed by atoms with E-state index >= 15 is 0 Å². The number of hydrogen-bond acceptors (Lipinski definition) is 3. The van der Waals surface area contributed by atoms with Gasteiger partial charge in [-0.15, -0.1) is 0 Å². The second kappa shape index (κ2) is 6.19. The summed E-state index contributed by atoms with van der Waals surface area (Å²) in [6.07, 6.45) is 3.41. The number of fused-ring (bicyclic) bond motifs is 1. The lowest BCUT2D eigenvalue weighted by Gasteiger charge is -2.25. The molecule has 0 aliphatic heterocycles. The fourth-order valence-corrected chi connectivity index (χ4v) is 2.97. The summed E-state index contributed by atoms with van der Waals surface area (Å²) in [5, 5.41) is 13.2. The maximum absolute atomic E-state index is 9.62. The summed E-state index contributed by atoms with van der Waals surface area (Å²) in [5.74, 6) is 0.719. The van der Waals surface area contributed by atoms with Crippen molar-refractivity contribution in [2.24, 2.45) is 0 Å². The van der Waals surface area contributed by atoms with Gasteiger partial charge in [-0.25, -0.2) is 0 Å². The van der Waals surface area contributed by atoms with E-state index in [2.05, 4.69) is 29.6 Å². The largest absolute Gasteiger partial charge is 0.504 e. The van der Waals surface area contributed by atoms with E-state index in [9.17, 15) is 5.11 Å². The van der Waals surface area contributed by atoms with Crippen LogP contribution in [0.4, 0.5) is 0 Å². The van der Waals surface area contributed by atoms with Crippen LogP contribution in [0.2, 0.25) is 0 Å². The van der Waals surface area contributed by atoms with E-state index in [0.717, 1.165) is 24.9 Å². The number of aryl methyl sites for hydroxylation is 1. The van der Waals surface area contributed by atoms with Crippen molar-refractivity contribution in [2.45, 2.75) is 31.8 Å². The number of aromatic hydroxyl groups is 1. The van der Waals surface area contributed by atoms with Gasteiger partial charge in [-0.2, -0.15) is 0 Å². The zero-order valence-corrected chi connectivity index (χ0v) is 12.3. The highest BCUT2D eigenvalue weighted by molar-refractivity contribution is 5.41. The second-order valence-electron chi connectivity index (χ2n) is 5.60. The van der Waals surface area contributed by atoms with Crippen LogP contribution in [-0.4, -0.2) is 18.3 Å². The first-order chi connectivity index (χ1) is 10.3. The van der Waals surface area contributed by atoms with Crippen molar-refractivity contribution >= 4 is 0 Å². The Kier molecular flexibility index (Phi) is 4.11. The smallest absolute Gasteiger partial charge is 0.160 e. The number of methoxy groups -OCH3 is 1. The van der Waals surface area contributed by atoms with Crippen LogP contribution in [0.15, 0.2) is 42.5 Å². The molecule has 1 aliphatic rings. The molecule has 3 nitrogen and oxygen atoms in total. The molecule has 0 radical (unpaired) electrons. The minimum absolute atomic E-state index is 0.188. The number of nitrogens with one attached hydrogen (secondary N) is 1. The van der Waals surface area contributed by atoms with Crippen molar-refractivity contribution in [3.8, 4) is 11.5 Å². The van der Waals surface area contributed by atoms with Crippen molar-refractivity contribution in [1.82, 2.24) is 5.32 Å². The Balaban J connectivity index is 1.61. The summed E-state index contributed by atoms with van der Waals surface area (Å²) >= 11 is 0. The SMILES string of the molecule is COc1cc(CNC2CCc3ccccc3C2)ccc1O. The van der Waals surface area contributed by atoms with Gasteiger partial charge in [0.05, 0.1) is 7.11 Å². The second-order valence-corrected chi connectivity index (χ2v) is 5.60. The molecule has 110 valence electrons. The van der Waals surface area contributed by atoms with Crippen LogP contribution < -0.4 is 10.1 Å². The van der Waals surface area contributed by atoms with E-state index in [0.29, 0.717) is 11.8 Å². The molecule has 0 saturated heterocycles. The average molecular weight is 283 g/mol. The van der Waals surface area contributed by atoms with Gasteiger partial charge in [-0.3, -0.25) is 0 Å². The predicted octanol–water partition coefficient (Wildman–Crippen LogP) is 3.05. The van der Waals surface area contributed by atoms with Crippen molar-refractivity contribution in [1.29, 1.82) is 0 Å². The Morgan fingerprint density at radius 1 is 1.19 bits per heavy atom. The minimum Gasteiger partial charge on any atom is -0.504 e. The van der Waals surface area contributed by atoms with E-state index < -0.39 is 0 Å². The third kappa shape index (κ3) is 3.19. The summed E-state index contributed by atoms with van der Waals surface area (Å²) in [6.45, 7) is 0.795. The van der Waals surface area contributed by atoms with Crippen LogP contribution in [0.25, 0.3) is 0 Å². The normalized spacial score (nSPS) is 17.3. The molecule has 0 heterocycles. The molecular weight excluding hydrogens is 262 g/mol. The summed E-state index contributed by atoms with van der Waals surface area (Å²) < 4.78 is 5.15. The highest BCUT2D eigenvalue weighted by Gasteiger charge is 2.17. The summed E-state index contributed by atoms with van der Waals surface area (Å²) in [6, 6.07) is 14.7. The Labute approximate surface area is 125 Å². The Bertz CT molecular complexity index is 624. The van der Waals surface area contributed by atoms with Gasteiger partial charge in [0, 0.05) is 12.6 Å². The fraction of sp³-hybridized carbons (Fsp3) is 0.333. The van der Waals surface area contributed by atoms with Crippen LogP contribution in [0, 0.1) is 0 Å².